The van der Waals surface area contributed by atoms with Crippen molar-refractivity contribution in [2.75, 3.05) is 13.1 Å². The largest absolute Gasteiger partial charge is 0.416 e. The molecule has 1 N–H and O–H groups in total. The molecule has 1 aliphatic rings. The van der Waals surface area contributed by atoms with Gasteiger partial charge >= 0.3 is 6.18 Å². The fourth-order valence-corrected chi connectivity index (χ4v) is 3.77. The van der Waals surface area contributed by atoms with E-state index in [1.165, 1.54) is 23.5 Å². The molecule has 26 heavy (non-hydrogen) atoms. The zero-order valence-corrected chi connectivity index (χ0v) is 15.0. The van der Waals surface area contributed by atoms with Crippen molar-refractivity contribution >= 4 is 17.2 Å². The minimum absolute atomic E-state index is 0.0820. The lowest BCUT2D eigenvalue weighted by atomic mass is 9.83. The third-order valence-corrected chi connectivity index (χ3v) is 5.49. The Labute approximate surface area is 153 Å². The topological polar surface area (TPSA) is 53.4 Å². The first-order chi connectivity index (χ1) is 12.2. The summed E-state index contributed by atoms with van der Waals surface area (Å²) in [5, 5.41) is 13.5. The lowest BCUT2D eigenvalue weighted by Gasteiger charge is -2.38. The third-order valence-electron chi connectivity index (χ3n) is 4.67. The quantitative estimate of drug-likeness (QED) is 0.881. The van der Waals surface area contributed by atoms with E-state index >= 15 is 0 Å². The lowest BCUT2D eigenvalue weighted by molar-refractivity contribution is -0.137. The second kappa shape index (κ2) is 7.00. The average Bonchev–Trinajstić information content (AvgIpc) is 2.99. The molecule has 4 nitrogen and oxygen atoms in total. The predicted molar refractivity (Wildman–Crippen MR) is 91.7 cm³/mol. The van der Waals surface area contributed by atoms with E-state index in [0.717, 1.165) is 22.8 Å². The smallest absolute Gasteiger partial charge is 0.385 e. The van der Waals surface area contributed by atoms with Crippen molar-refractivity contribution in [2.24, 2.45) is 0 Å². The van der Waals surface area contributed by atoms with Gasteiger partial charge in [-0.05, 0) is 37.5 Å². The van der Waals surface area contributed by atoms with E-state index in [2.05, 4.69) is 4.98 Å². The maximum absolute atomic E-state index is 12.9. The number of piperidine rings is 1. The summed E-state index contributed by atoms with van der Waals surface area (Å²) in [6, 6.07) is 4.79. The number of amides is 1. The van der Waals surface area contributed by atoms with Gasteiger partial charge in [0.15, 0.2) is 0 Å². The number of likely N-dealkylation sites (tertiary alicyclic amines) is 1. The van der Waals surface area contributed by atoms with Crippen LogP contribution in [0.3, 0.4) is 0 Å². The Morgan fingerprint density at radius 2 is 2.04 bits per heavy atom. The van der Waals surface area contributed by atoms with E-state index in [9.17, 15) is 23.1 Å². The number of rotatable bonds is 3. The standard InChI is InChI=1S/C18H19F3N2O2S/c1-12-22-15(11-26-12)10-16(24)23-7-5-17(25,6-8-23)13-3-2-4-14(9-13)18(19,20)21/h2-4,9,11,25H,5-8,10H2,1H3. The van der Waals surface area contributed by atoms with Gasteiger partial charge in [0, 0.05) is 18.5 Å². The molecule has 0 atom stereocenters. The second-order valence-electron chi connectivity index (χ2n) is 6.53. The highest BCUT2D eigenvalue weighted by molar-refractivity contribution is 7.09. The molecule has 2 heterocycles. The Morgan fingerprint density at radius 3 is 2.62 bits per heavy atom. The number of benzene rings is 1. The van der Waals surface area contributed by atoms with Crippen molar-refractivity contribution < 1.29 is 23.1 Å². The highest BCUT2D eigenvalue weighted by Gasteiger charge is 2.37. The number of alkyl halides is 3. The zero-order valence-electron chi connectivity index (χ0n) is 14.2. The van der Waals surface area contributed by atoms with Crippen molar-refractivity contribution in [1.82, 2.24) is 9.88 Å². The molecule has 1 aromatic heterocycles. The first kappa shape index (κ1) is 18.8. The van der Waals surface area contributed by atoms with Crippen molar-refractivity contribution in [3.8, 4) is 0 Å². The molecule has 0 saturated carbocycles. The molecule has 0 unspecified atom stereocenters. The van der Waals surface area contributed by atoms with Crippen LogP contribution in [0.2, 0.25) is 0 Å². The lowest BCUT2D eigenvalue weighted by Crippen LogP contribution is -2.45. The summed E-state index contributed by atoms with van der Waals surface area (Å²) >= 11 is 1.48. The molecule has 0 aliphatic carbocycles. The molecule has 1 saturated heterocycles. The summed E-state index contributed by atoms with van der Waals surface area (Å²) in [4.78, 5) is 18.3. The van der Waals surface area contributed by atoms with Gasteiger partial charge in [-0.25, -0.2) is 4.98 Å². The van der Waals surface area contributed by atoms with Crippen LogP contribution in [0.25, 0.3) is 0 Å². The van der Waals surface area contributed by atoms with Crippen LogP contribution in [0.5, 0.6) is 0 Å². The van der Waals surface area contributed by atoms with Crippen molar-refractivity contribution in [3.05, 3.63) is 51.5 Å². The molecule has 1 amide bonds. The Hall–Kier alpha value is -1.93. The van der Waals surface area contributed by atoms with Crippen molar-refractivity contribution in [2.45, 2.75) is 38.0 Å². The number of aryl methyl sites for hydroxylation is 1. The number of nitrogens with zero attached hydrogens (tertiary/aromatic N) is 2. The van der Waals surface area contributed by atoms with Gasteiger partial charge in [0.05, 0.1) is 28.3 Å². The monoisotopic (exact) mass is 384 g/mol. The Bertz CT molecular complexity index is 796. The van der Waals surface area contributed by atoms with E-state index in [0.29, 0.717) is 13.1 Å². The molecule has 1 aliphatic heterocycles. The Kier molecular flexibility index (Phi) is 5.07. The zero-order chi connectivity index (χ0) is 18.9. The number of hydrogen-bond donors (Lipinski definition) is 1. The van der Waals surface area contributed by atoms with Crippen molar-refractivity contribution in [3.63, 3.8) is 0 Å². The van der Waals surface area contributed by atoms with Crippen LogP contribution < -0.4 is 0 Å². The number of carbonyl (C=O) groups is 1. The van der Waals surface area contributed by atoms with Crippen LogP contribution in [0, 0.1) is 6.92 Å². The van der Waals surface area contributed by atoms with E-state index in [1.807, 2.05) is 12.3 Å². The summed E-state index contributed by atoms with van der Waals surface area (Å²) in [5.74, 6) is -0.0820. The number of carbonyl (C=O) groups excluding carboxylic acids is 1. The molecule has 2 aromatic rings. The van der Waals surface area contributed by atoms with Crippen molar-refractivity contribution in [1.29, 1.82) is 0 Å². The number of aliphatic hydroxyl groups is 1. The highest BCUT2D eigenvalue weighted by atomic mass is 32.1. The number of hydrogen-bond acceptors (Lipinski definition) is 4. The second-order valence-corrected chi connectivity index (χ2v) is 7.59. The van der Waals surface area contributed by atoms with Gasteiger partial charge in [-0.3, -0.25) is 4.79 Å². The van der Waals surface area contributed by atoms with Crippen LogP contribution >= 0.6 is 11.3 Å². The van der Waals surface area contributed by atoms with Gasteiger partial charge in [0.25, 0.3) is 0 Å². The summed E-state index contributed by atoms with van der Waals surface area (Å²) in [6.07, 6.45) is -3.84. The van der Waals surface area contributed by atoms with Gasteiger partial charge in [-0.2, -0.15) is 13.2 Å². The normalized spacial score (nSPS) is 17.3. The molecule has 1 aromatic carbocycles. The summed E-state index contributed by atoms with van der Waals surface area (Å²) in [7, 11) is 0. The minimum Gasteiger partial charge on any atom is -0.385 e. The minimum atomic E-state index is -4.45. The predicted octanol–water partition coefficient (Wildman–Crippen LogP) is 3.52. The van der Waals surface area contributed by atoms with E-state index in [1.54, 1.807) is 4.90 Å². The van der Waals surface area contributed by atoms with Gasteiger partial charge < -0.3 is 10.0 Å². The number of thiazole rings is 1. The van der Waals surface area contributed by atoms with Crippen LogP contribution in [0.4, 0.5) is 13.2 Å². The van der Waals surface area contributed by atoms with Crippen LogP contribution in [-0.2, 0) is 23.0 Å². The molecular weight excluding hydrogens is 365 g/mol. The van der Waals surface area contributed by atoms with Gasteiger partial charge in [-0.1, -0.05) is 12.1 Å². The van der Waals surface area contributed by atoms with Crippen LogP contribution in [0.1, 0.15) is 34.7 Å². The number of halogens is 3. The molecular formula is C18H19F3N2O2S. The summed E-state index contributed by atoms with van der Waals surface area (Å²) in [5.41, 5.74) is -1.17. The first-order valence-electron chi connectivity index (χ1n) is 8.26. The summed E-state index contributed by atoms with van der Waals surface area (Å²) in [6.45, 7) is 2.47. The van der Waals surface area contributed by atoms with Gasteiger partial charge in [0.2, 0.25) is 5.91 Å². The van der Waals surface area contributed by atoms with Crippen LogP contribution in [0.15, 0.2) is 29.6 Å². The fraction of sp³-hybridized carbons (Fsp3) is 0.444. The summed E-state index contributed by atoms with van der Waals surface area (Å²) < 4.78 is 38.7. The average molecular weight is 384 g/mol. The van der Waals surface area contributed by atoms with Crippen LogP contribution in [-0.4, -0.2) is 34.0 Å². The van der Waals surface area contributed by atoms with Gasteiger partial charge in [-0.15, -0.1) is 11.3 Å². The van der Waals surface area contributed by atoms with E-state index < -0.39 is 17.3 Å². The Balaban J connectivity index is 1.66. The first-order valence-corrected chi connectivity index (χ1v) is 9.14. The fourth-order valence-electron chi connectivity index (χ4n) is 3.16. The molecule has 3 rings (SSSR count). The molecule has 140 valence electrons. The van der Waals surface area contributed by atoms with E-state index in [4.69, 9.17) is 0 Å². The SMILES string of the molecule is Cc1nc(CC(=O)N2CCC(O)(c3cccc(C(F)(F)F)c3)CC2)cs1. The molecule has 0 bridgehead atoms. The van der Waals surface area contributed by atoms with E-state index in [-0.39, 0.29) is 30.7 Å². The maximum atomic E-state index is 12.9. The number of aromatic nitrogens is 1. The maximum Gasteiger partial charge on any atom is 0.416 e. The molecule has 1 fully saturated rings. The Morgan fingerprint density at radius 1 is 1.35 bits per heavy atom. The molecule has 0 radical (unpaired) electrons. The highest BCUT2D eigenvalue weighted by Crippen LogP contribution is 2.36. The molecule has 8 heteroatoms. The third kappa shape index (κ3) is 4.07. The molecule has 0 spiro atoms. The van der Waals surface area contributed by atoms with Gasteiger partial charge in [0.1, 0.15) is 0 Å².